The zero-order valence-electron chi connectivity index (χ0n) is 10.7. The maximum absolute atomic E-state index is 12.5. The maximum atomic E-state index is 12.5. The number of halogens is 1. The zero-order chi connectivity index (χ0) is 14.7. The van der Waals surface area contributed by atoms with Crippen LogP contribution in [-0.2, 0) is 0 Å². The normalized spacial score (nSPS) is 9.90. The Kier molecular flexibility index (Phi) is 4.48. The van der Waals surface area contributed by atoms with Crippen LogP contribution in [0.2, 0.25) is 0 Å². The van der Waals surface area contributed by atoms with Crippen LogP contribution >= 0.6 is 28.6 Å². The summed E-state index contributed by atoms with van der Waals surface area (Å²) in [6, 6.07) is 14.3. The molecule has 0 radical (unpaired) electrons. The third-order valence-electron chi connectivity index (χ3n) is 2.86. The molecule has 0 fully saturated rings. The second kappa shape index (κ2) is 6.12. The summed E-state index contributed by atoms with van der Waals surface area (Å²) < 4.78 is 0.869. The van der Waals surface area contributed by atoms with Crippen LogP contribution in [0, 0.1) is 11.3 Å². The van der Waals surface area contributed by atoms with Crippen LogP contribution in [0.4, 0.5) is 5.69 Å². The van der Waals surface area contributed by atoms with Gasteiger partial charge in [0.25, 0.3) is 5.91 Å². The van der Waals surface area contributed by atoms with Gasteiger partial charge in [0, 0.05) is 22.1 Å². The molecule has 20 heavy (non-hydrogen) atoms. The first kappa shape index (κ1) is 14.6. The molecule has 5 heteroatoms. The molecule has 2 aromatic carbocycles. The Morgan fingerprint density at radius 3 is 2.70 bits per heavy atom. The van der Waals surface area contributed by atoms with E-state index in [2.05, 4.69) is 34.6 Å². The highest BCUT2D eigenvalue weighted by Gasteiger charge is 2.16. The van der Waals surface area contributed by atoms with Crippen LogP contribution in [0.1, 0.15) is 15.9 Å². The Balaban J connectivity index is 2.35. The van der Waals surface area contributed by atoms with E-state index in [4.69, 9.17) is 5.26 Å². The molecule has 100 valence electrons. The lowest BCUT2D eigenvalue weighted by Gasteiger charge is -2.18. The second-order valence-electron chi connectivity index (χ2n) is 4.19. The fraction of sp³-hybridized carbons (Fsp3) is 0.0667. The quantitative estimate of drug-likeness (QED) is 0.838. The molecular formula is C15H11BrN2OS. The summed E-state index contributed by atoms with van der Waals surface area (Å²) >= 11 is 7.66. The summed E-state index contributed by atoms with van der Waals surface area (Å²) in [6.45, 7) is 0. The number of hydrogen-bond acceptors (Lipinski definition) is 3. The fourth-order valence-corrected chi connectivity index (χ4v) is 2.61. The summed E-state index contributed by atoms with van der Waals surface area (Å²) in [5.41, 5.74) is 1.70. The minimum absolute atomic E-state index is 0.169. The van der Waals surface area contributed by atoms with E-state index in [9.17, 15) is 4.79 Å². The lowest BCUT2D eigenvalue weighted by atomic mass is 10.1. The first-order chi connectivity index (χ1) is 9.52. The van der Waals surface area contributed by atoms with Gasteiger partial charge in [-0.15, -0.1) is 12.6 Å². The number of rotatable bonds is 2. The lowest BCUT2D eigenvalue weighted by Crippen LogP contribution is -2.26. The van der Waals surface area contributed by atoms with Gasteiger partial charge in [-0.2, -0.15) is 5.26 Å². The summed E-state index contributed by atoms with van der Waals surface area (Å²) in [6.07, 6.45) is 0. The van der Waals surface area contributed by atoms with Crippen LogP contribution < -0.4 is 4.90 Å². The van der Waals surface area contributed by atoms with Crippen LogP contribution in [0.15, 0.2) is 51.8 Å². The van der Waals surface area contributed by atoms with Crippen LogP contribution in [0.25, 0.3) is 0 Å². The Morgan fingerprint density at radius 1 is 1.30 bits per heavy atom. The van der Waals surface area contributed by atoms with Gasteiger partial charge < -0.3 is 4.90 Å². The van der Waals surface area contributed by atoms with Crippen molar-refractivity contribution in [2.45, 2.75) is 4.90 Å². The van der Waals surface area contributed by atoms with Crippen molar-refractivity contribution in [1.82, 2.24) is 0 Å². The van der Waals surface area contributed by atoms with E-state index in [1.807, 2.05) is 0 Å². The third kappa shape index (κ3) is 3.03. The highest BCUT2D eigenvalue weighted by Crippen LogP contribution is 2.23. The number of thiol groups is 1. The molecule has 1 amide bonds. The molecule has 0 saturated carbocycles. The third-order valence-corrected chi connectivity index (χ3v) is 3.72. The average molecular weight is 347 g/mol. The summed E-state index contributed by atoms with van der Waals surface area (Å²) in [4.78, 5) is 14.6. The van der Waals surface area contributed by atoms with E-state index in [0.29, 0.717) is 21.7 Å². The van der Waals surface area contributed by atoms with Crippen molar-refractivity contribution in [3.63, 3.8) is 0 Å². The van der Waals surface area contributed by atoms with Gasteiger partial charge in [0.1, 0.15) is 0 Å². The van der Waals surface area contributed by atoms with Gasteiger partial charge in [-0.05, 0) is 36.4 Å². The number of benzene rings is 2. The number of hydrogen-bond donors (Lipinski definition) is 1. The van der Waals surface area contributed by atoms with Gasteiger partial charge in [0.2, 0.25) is 0 Å². The molecular weight excluding hydrogens is 336 g/mol. The Hall–Kier alpha value is -1.77. The monoisotopic (exact) mass is 346 g/mol. The molecule has 0 bridgehead atoms. The van der Waals surface area contributed by atoms with E-state index < -0.39 is 0 Å². The molecule has 2 aromatic rings. The Labute approximate surface area is 131 Å². The van der Waals surface area contributed by atoms with Gasteiger partial charge in [0.15, 0.2) is 0 Å². The van der Waals surface area contributed by atoms with E-state index >= 15 is 0 Å². The van der Waals surface area contributed by atoms with Crippen molar-refractivity contribution in [1.29, 1.82) is 5.26 Å². The minimum atomic E-state index is -0.169. The molecule has 0 saturated heterocycles. The van der Waals surface area contributed by atoms with Crippen molar-refractivity contribution in [2.24, 2.45) is 0 Å². The standard InChI is InChI=1S/C15H11BrN2OS/c1-18(12-4-2-3-10(7-12)9-17)15(19)13-6-5-11(16)8-14(13)20/h2-8,20H,1H3. The Morgan fingerprint density at radius 2 is 2.05 bits per heavy atom. The summed E-state index contributed by atoms with van der Waals surface area (Å²) in [5.74, 6) is -0.169. The first-order valence-electron chi connectivity index (χ1n) is 5.79. The molecule has 0 spiro atoms. The van der Waals surface area contributed by atoms with Crippen molar-refractivity contribution in [3.8, 4) is 6.07 Å². The van der Waals surface area contributed by atoms with Crippen molar-refractivity contribution < 1.29 is 4.79 Å². The summed E-state index contributed by atoms with van der Waals surface area (Å²) in [5, 5.41) is 8.90. The van der Waals surface area contributed by atoms with Gasteiger partial charge >= 0.3 is 0 Å². The van der Waals surface area contributed by atoms with Crippen molar-refractivity contribution >= 4 is 40.2 Å². The van der Waals surface area contributed by atoms with E-state index in [1.165, 1.54) is 4.90 Å². The number of nitrogens with zero attached hydrogens (tertiary/aromatic N) is 2. The zero-order valence-corrected chi connectivity index (χ0v) is 13.1. The lowest BCUT2D eigenvalue weighted by molar-refractivity contribution is 0.0990. The molecule has 0 aliphatic carbocycles. The van der Waals surface area contributed by atoms with Crippen molar-refractivity contribution in [3.05, 3.63) is 58.1 Å². The predicted octanol–water partition coefficient (Wildman–Crippen LogP) is 3.89. The van der Waals surface area contributed by atoms with Crippen LogP contribution in [0.5, 0.6) is 0 Å². The number of nitriles is 1. The molecule has 3 nitrogen and oxygen atoms in total. The number of anilines is 1. The first-order valence-corrected chi connectivity index (χ1v) is 7.03. The number of amides is 1. The van der Waals surface area contributed by atoms with Gasteiger partial charge in [-0.25, -0.2) is 0 Å². The van der Waals surface area contributed by atoms with E-state index in [1.54, 1.807) is 49.5 Å². The summed E-state index contributed by atoms with van der Waals surface area (Å²) in [7, 11) is 1.67. The van der Waals surface area contributed by atoms with Gasteiger partial charge in [-0.1, -0.05) is 22.0 Å². The SMILES string of the molecule is CN(C(=O)c1ccc(Br)cc1S)c1cccc(C#N)c1. The molecule has 0 unspecified atom stereocenters. The molecule has 0 atom stereocenters. The van der Waals surface area contributed by atoms with Crippen molar-refractivity contribution in [2.75, 3.05) is 11.9 Å². The predicted molar refractivity (Wildman–Crippen MR) is 85.3 cm³/mol. The Bertz CT molecular complexity index is 709. The molecule has 0 heterocycles. The van der Waals surface area contributed by atoms with Crippen LogP contribution in [-0.4, -0.2) is 13.0 Å². The smallest absolute Gasteiger partial charge is 0.259 e. The second-order valence-corrected chi connectivity index (χ2v) is 5.59. The highest BCUT2D eigenvalue weighted by molar-refractivity contribution is 9.10. The van der Waals surface area contributed by atoms with E-state index in [-0.39, 0.29) is 5.91 Å². The molecule has 0 aliphatic heterocycles. The molecule has 2 rings (SSSR count). The molecule has 0 aliphatic rings. The highest BCUT2D eigenvalue weighted by atomic mass is 79.9. The topological polar surface area (TPSA) is 44.1 Å². The maximum Gasteiger partial charge on any atom is 0.259 e. The number of carbonyl (C=O) groups is 1. The largest absolute Gasteiger partial charge is 0.311 e. The fourth-order valence-electron chi connectivity index (χ4n) is 1.77. The minimum Gasteiger partial charge on any atom is -0.311 e. The van der Waals surface area contributed by atoms with Gasteiger partial charge in [-0.3, -0.25) is 4.79 Å². The van der Waals surface area contributed by atoms with Crippen LogP contribution in [0.3, 0.4) is 0 Å². The molecule has 0 aromatic heterocycles. The molecule has 0 N–H and O–H groups in total. The number of carbonyl (C=O) groups excluding carboxylic acids is 1. The van der Waals surface area contributed by atoms with E-state index in [0.717, 1.165) is 4.47 Å². The average Bonchev–Trinajstić information content (AvgIpc) is 2.46. The van der Waals surface area contributed by atoms with Gasteiger partial charge in [0.05, 0.1) is 17.2 Å².